The molecule has 2 aromatic carbocycles. The Morgan fingerprint density at radius 3 is 2.62 bits per heavy atom. The number of amides is 1. The van der Waals surface area contributed by atoms with E-state index in [0.29, 0.717) is 16.4 Å². The van der Waals surface area contributed by atoms with E-state index < -0.39 is 0 Å². The molecule has 0 aromatic heterocycles. The normalized spacial score (nSPS) is 21.9. The van der Waals surface area contributed by atoms with Gasteiger partial charge in [-0.15, -0.1) is 0 Å². The van der Waals surface area contributed by atoms with Crippen LogP contribution in [0.1, 0.15) is 0 Å². The summed E-state index contributed by atoms with van der Waals surface area (Å²) in [6.07, 6.45) is -0.0730. The molecule has 2 aliphatic rings. The molecule has 0 spiro atoms. The lowest BCUT2D eigenvalue weighted by atomic mass is 10.0. The highest BCUT2D eigenvalue weighted by molar-refractivity contribution is 6.44. The van der Waals surface area contributed by atoms with Gasteiger partial charge in [-0.1, -0.05) is 35.0 Å². The van der Waals surface area contributed by atoms with Crippen molar-refractivity contribution in [3.05, 3.63) is 59.6 Å². The molecule has 1 N–H and O–H groups in total. The minimum atomic E-state index is -0.222. The van der Waals surface area contributed by atoms with Crippen molar-refractivity contribution in [2.45, 2.75) is 6.10 Å². The van der Waals surface area contributed by atoms with E-state index in [9.17, 15) is 4.79 Å². The number of carbonyl (C=O) groups is 1. The van der Waals surface area contributed by atoms with E-state index in [1.54, 1.807) is 24.3 Å². The summed E-state index contributed by atoms with van der Waals surface area (Å²) < 4.78 is 0. The van der Waals surface area contributed by atoms with E-state index in [-0.39, 0.29) is 17.9 Å². The monoisotopic (exact) mass is 341 g/mol. The molecule has 1 fully saturated rings. The van der Waals surface area contributed by atoms with Gasteiger partial charge in [0.15, 0.2) is 11.8 Å². The van der Waals surface area contributed by atoms with Gasteiger partial charge in [-0.3, -0.25) is 4.79 Å². The lowest BCUT2D eigenvalue weighted by Crippen LogP contribution is -2.32. The van der Waals surface area contributed by atoms with Crippen molar-refractivity contribution >= 4 is 34.6 Å². The molecule has 0 unspecified atom stereocenters. The molecule has 1 amide bonds. The molecule has 0 aliphatic carbocycles. The predicted molar refractivity (Wildman–Crippen MR) is 94.5 cm³/mol. The lowest BCUT2D eigenvalue weighted by molar-refractivity contribution is -0.110. The van der Waals surface area contributed by atoms with Crippen LogP contribution in [0.2, 0.25) is 5.02 Å². The Kier molecular flexibility index (Phi) is 3.86. The Morgan fingerprint density at radius 2 is 1.88 bits per heavy atom. The highest BCUT2D eigenvalue weighted by atomic mass is 35.5. The first-order chi connectivity index (χ1) is 11.7. The summed E-state index contributed by atoms with van der Waals surface area (Å²) in [6, 6.07) is 17.1. The van der Waals surface area contributed by atoms with Gasteiger partial charge in [0.2, 0.25) is 0 Å². The number of benzene rings is 2. The molecule has 2 atom stereocenters. The van der Waals surface area contributed by atoms with Crippen molar-refractivity contribution in [1.82, 2.24) is 0 Å². The van der Waals surface area contributed by atoms with E-state index in [0.717, 1.165) is 18.8 Å². The number of halogens is 1. The van der Waals surface area contributed by atoms with Gasteiger partial charge in [0.1, 0.15) is 0 Å². The molecule has 0 radical (unpaired) electrons. The Labute approximate surface area is 144 Å². The number of anilines is 2. The van der Waals surface area contributed by atoms with Crippen molar-refractivity contribution in [2.75, 3.05) is 23.3 Å². The summed E-state index contributed by atoms with van der Waals surface area (Å²) in [6.45, 7) is 1.46. The van der Waals surface area contributed by atoms with E-state index in [1.807, 2.05) is 18.2 Å². The van der Waals surface area contributed by atoms with Gasteiger partial charge >= 0.3 is 0 Å². The summed E-state index contributed by atoms with van der Waals surface area (Å²) in [5, 5.41) is 7.49. The average Bonchev–Trinajstić information content (AvgIpc) is 3.18. The van der Waals surface area contributed by atoms with Gasteiger partial charge in [-0.25, -0.2) is 0 Å². The third-order valence-corrected chi connectivity index (χ3v) is 4.61. The maximum atomic E-state index is 12.5. The topological polar surface area (TPSA) is 53.9 Å². The van der Waals surface area contributed by atoms with Crippen LogP contribution in [0.25, 0.3) is 0 Å². The molecule has 0 saturated carbocycles. The minimum Gasteiger partial charge on any atom is -0.389 e. The number of oxime groups is 1. The zero-order valence-corrected chi connectivity index (χ0v) is 13.6. The molecule has 2 heterocycles. The van der Waals surface area contributed by atoms with Gasteiger partial charge in [0.05, 0.1) is 12.5 Å². The number of nitrogens with one attached hydrogen (secondary N) is 1. The van der Waals surface area contributed by atoms with Crippen LogP contribution in [0, 0.1) is 5.92 Å². The molecule has 6 heteroatoms. The Morgan fingerprint density at radius 1 is 1.12 bits per heavy atom. The molecule has 2 aliphatic heterocycles. The van der Waals surface area contributed by atoms with E-state index >= 15 is 0 Å². The fraction of sp³-hybridized carbons (Fsp3) is 0.222. The molecule has 0 bridgehead atoms. The Bertz CT molecular complexity index is 777. The number of carbonyl (C=O) groups excluding carboxylic acids is 1. The van der Waals surface area contributed by atoms with Crippen molar-refractivity contribution in [1.29, 1.82) is 0 Å². The lowest BCUT2D eigenvalue weighted by Gasteiger charge is -2.18. The summed E-state index contributed by atoms with van der Waals surface area (Å²) >= 11 is 5.86. The molecule has 122 valence electrons. The van der Waals surface area contributed by atoms with E-state index in [1.165, 1.54) is 0 Å². The van der Waals surface area contributed by atoms with Crippen LogP contribution < -0.4 is 10.2 Å². The second kappa shape index (κ2) is 6.17. The largest absolute Gasteiger partial charge is 0.389 e. The number of para-hydroxylation sites is 1. The summed E-state index contributed by atoms with van der Waals surface area (Å²) in [4.78, 5) is 20.2. The molecule has 24 heavy (non-hydrogen) atoms. The number of rotatable bonds is 3. The molecule has 1 saturated heterocycles. The third-order valence-electron chi connectivity index (χ3n) is 4.36. The van der Waals surface area contributed by atoms with Crippen molar-refractivity contribution in [3.63, 3.8) is 0 Å². The van der Waals surface area contributed by atoms with E-state index in [4.69, 9.17) is 16.4 Å². The van der Waals surface area contributed by atoms with Gasteiger partial charge in [-0.05, 0) is 36.4 Å². The van der Waals surface area contributed by atoms with E-state index in [2.05, 4.69) is 27.5 Å². The number of hydrogen-bond donors (Lipinski definition) is 1. The van der Waals surface area contributed by atoms with Crippen LogP contribution in [0.3, 0.4) is 0 Å². The molecular weight excluding hydrogens is 326 g/mol. The van der Waals surface area contributed by atoms with Crippen LogP contribution in [-0.2, 0) is 9.63 Å². The summed E-state index contributed by atoms with van der Waals surface area (Å²) in [7, 11) is 0. The fourth-order valence-corrected chi connectivity index (χ4v) is 3.25. The number of hydrogen-bond acceptors (Lipinski definition) is 4. The van der Waals surface area contributed by atoms with Crippen molar-refractivity contribution < 1.29 is 9.63 Å². The van der Waals surface area contributed by atoms with Gasteiger partial charge < -0.3 is 15.1 Å². The quantitative estimate of drug-likeness (QED) is 0.933. The van der Waals surface area contributed by atoms with Crippen molar-refractivity contribution in [2.24, 2.45) is 11.1 Å². The summed E-state index contributed by atoms with van der Waals surface area (Å²) in [5.74, 6) is -0.239. The second-order valence-electron chi connectivity index (χ2n) is 5.93. The standard InChI is InChI=1S/C18H16ClN3O2/c19-12-6-8-13(9-7-12)20-18(23)17-15-10-22(11-16(15)24-21-17)14-4-2-1-3-5-14/h1-9,15-16H,10-11H2,(H,20,23)/t15-,16+/m0/s1. The van der Waals surface area contributed by atoms with Crippen LogP contribution in [0.4, 0.5) is 11.4 Å². The third kappa shape index (κ3) is 2.83. The van der Waals surface area contributed by atoms with Gasteiger partial charge in [0.25, 0.3) is 5.91 Å². The highest BCUT2D eigenvalue weighted by Crippen LogP contribution is 2.31. The number of nitrogens with zero attached hydrogens (tertiary/aromatic N) is 2. The Hall–Kier alpha value is -2.53. The van der Waals surface area contributed by atoms with Crippen LogP contribution >= 0.6 is 11.6 Å². The zero-order valence-electron chi connectivity index (χ0n) is 12.9. The fourth-order valence-electron chi connectivity index (χ4n) is 3.12. The smallest absolute Gasteiger partial charge is 0.273 e. The molecule has 2 aromatic rings. The predicted octanol–water partition coefficient (Wildman–Crippen LogP) is 3.17. The maximum absolute atomic E-state index is 12.5. The zero-order chi connectivity index (χ0) is 16.5. The van der Waals surface area contributed by atoms with Crippen LogP contribution in [-0.4, -0.2) is 30.8 Å². The maximum Gasteiger partial charge on any atom is 0.273 e. The molecule has 4 rings (SSSR count). The first-order valence-corrected chi connectivity index (χ1v) is 8.19. The highest BCUT2D eigenvalue weighted by Gasteiger charge is 2.44. The second-order valence-corrected chi connectivity index (χ2v) is 6.36. The van der Waals surface area contributed by atoms with Crippen LogP contribution in [0.5, 0.6) is 0 Å². The van der Waals surface area contributed by atoms with Crippen molar-refractivity contribution in [3.8, 4) is 0 Å². The summed E-state index contributed by atoms with van der Waals surface area (Å²) in [5.41, 5.74) is 2.27. The SMILES string of the molecule is O=C(Nc1ccc(Cl)cc1)C1=NO[C@@H]2CN(c3ccccc3)C[C@H]12. The first kappa shape index (κ1) is 15.0. The molecule has 5 nitrogen and oxygen atoms in total. The van der Waals surface area contributed by atoms with Gasteiger partial charge in [0, 0.05) is 22.9 Å². The minimum absolute atomic E-state index is 0.0162. The number of fused-ring (bicyclic) bond motifs is 1. The average molecular weight is 342 g/mol. The Balaban J connectivity index is 1.45. The van der Waals surface area contributed by atoms with Crippen LogP contribution in [0.15, 0.2) is 59.8 Å². The van der Waals surface area contributed by atoms with Gasteiger partial charge in [-0.2, -0.15) is 0 Å². The molecular formula is C18H16ClN3O2. The first-order valence-electron chi connectivity index (χ1n) is 7.81.